The third kappa shape index (κ3) is 4.76. The fraction of sp³-hybridized carbons (Fsp3) is 0.273. The second-order valence-corrected chi connectivity index (χ2v) is 5.78. The predicted octanol–water partition coefficient (Wildman–Crippen LogP) is 6.13. The second-order valence-electron chi connectivity index (χ2n) is 5.78. The lowest BCUT2D eigenvalue weighted by Gasteiger charge is -2.08. The van der Waals surface area contributed by atoms with Gasteiger partial charge < -0.3 is 10.1 Å². The Hall–Kier alpha value is -2.48. The van der Waals surface area contributed by atoms with E-state index in [0.29, 0.717) is 0 Å². The van der Waals surface area contributed by atoms with E-state index >= 15 is 0 Å². The van der Waals surface area contributed by atoms with Gasteiger partial charge in [0.15, 0.2) is 0 Å². The molecule has 0 amide bonds. The van der Waals surface area contributed by atoms with Gasteiger partial charge in [-0.05, 0) is 46.9 Å². The quantitative estimate of drug-likeness (QED) is 0.466. The van der Waals surface area contributed by atoms with Gasteiger partial charge in [-0.15, -0.1) is 0 Å². The highest BCUT2D eigenvalue weighted by Gasteiger charge is 2.02. The Morgan fingerprint density at radius 3 is 2.08 bits per heavy atom. The van der Waals surface area contributed by atoms with Gasteiger partial charge in [0.25, 0.3) is 0 Å². The molecule has 2 aromatic rings. The summed E-state index contributed by atoms with van der Waals surface area (Å²) in [5, 5.41) is 3.40. The zero-order valence-corrected chi connectivity index (χ0v) is 14.9. The van der Waals surface area contributed by atoms with Crippen molar-refractivity contribution in [2.45, 2.75) is 26.7 Å². The van der Waals surface area contributed by atoms with Crippen LogP contribution in [0.2, 0.25) is 0 Å². The molecule has 1 N–H and O–H groups in total. The van der Waals surface area contributed by atoms with Crippen molar-refractivity contribution in [3.05, 3.63) is 72.5 Å². The first kappa shape index (κ1) is 17.9. The van der Waals surface area contributed by atoms with E-state index in [9.17, 15) is 0 Å². The molecule has 2 aromatic carbocycles. The minimum Gasteiger partial charge on any atom is -0.501 e. The molecule has 2 nitrogen and oxygen atoms in total. The molecule has 0 spiro atoms. The van der Waals surface area contributed by atoms with Crippen LogP contribution in [0.3, 0.4) is 0 Å². The Labute approximate surface area is 145 Å². The molecule has 2 rings (SSSR count). The largest absolute Gasteiger partial charge is 0.501 e. The summed E-state index contributed by atoms with van der Waals surface area (Å²) in [5.74, 6) is 0.944. The highest BCUT2D eigenvalue weighted by atomic mass is 16.5. The van der Waals surface area contributed by atoms with E-state index in [0.717, 1.165) is 36.3 Å². The smallest absolute Gasteiger partial charge is 0.0958 e. The Kier molecular flexibility index (Phi) is 6.68. The molecule has 0 saturated carbocycles. The van der Waals surface area contributed by atoms with E-state index in [1.54, 1.807) is 7.11 Å². The molecule has 0 atom stereocenters. The van der Waals surface area contributed by atoms with Gasteiger partial charge in [0.05, 0.1) is 12.9 Å². The average Bonchev–Trinajstić information content (AvgIpc) is 2.64. The van der Waals surface area contributed by atoms with Crippen molar-refractivity contribution in [3.63, 3.8) is 0 Å². The number of ether oxygens (including phenoxy) is 1. The number of nitrogens with one attached hydrogen (secondary N) is 1. The number of anilines is 1. The molecular weight excluding hydrogens is 294 g/mol. The van der Waals surface area contributed by atoms with Crippen LogP contribution in [0.5, 0.6) is 0 Å². The van der Waals surface area contributed by atoms with Crippen molar-refractivity contribution in [1.29, 1.82) is 0 Å². The van der Waals surface area contributed by atoms with Gasteiger partial charge in [-0.1, -0.05) is 56.8 Å². The summed E-state index contributed by atoms with van der Waals surface area (Å²) < 4.78 is 5.32. The van der Waals surface area contributed by atoms with Crippen LogP contribution in [0.1, 0.15) is 32.3 Å². The first-order valence-electron chi connectivity index (χ1n) is 8.56. The Morgan fingerprint density at radius 2 is 1.58 bits per heavy atom. The molecule has 0 aliphatic carbocycles. The van der Waals surface area contributed by atoms with Crippen molar-refractivity contribution in [3.8, 4) is 11.1 Å². The van der Waals surface area contributed by atoms with Crippen LogP contribution in [-0.4, -0.2) is 13.7 Å². The topological polar surface area (TPSA) is 21.3 Å². The third-order valence-corrected chi connectivity index (χ3v) is 4.00. The van der Waals surface area contributed by atoms with E-state index in [1.807, 2.05) is 6.08 Å². The molecule has 0 aliphatic rings. The van der Waals surface area contributed by atoms with Gasteiger partial charge in [0.2, 0.25) is 0 Å². The molecule has 24 heavy (non-hydrogen) atoms. The first-order chi connectivity index (χ1) is 11.7. The lowest BCUT2D eigenvalue weighted by Crippen LogP contribution is -1.98. The van der Waals surface area contributed by atoms with Crippen LogP contribution >= 0.6 is 0 Å². The minimum absolute atomic E-state index is 0.867. The molecule has 126 valence electrons. The molecule has 0 aliphatic heterocycles. The normalized spacial score (nSPS) is 11.2. The number of hydrogen-bond acceptors (Lipinski definition) is 2. The maximum Gasteiger partial charge on any atom is 0.0958 e. The van der Waals surface area contributed by atoms with Crippen LogP contribution in [0.15, 0.2) is 66.9 Å². The lowest BCUT2D eigenvalue weighted by atomic mass is 10.0. The van der Waals surface area contributed by atoms with Crippen LogP contribution in [0, 0.1) is 0 Å². The van der Waals surface area contributed by atoms with E-state index < -0.39 is 0 Å². The number of hydrogen-bond donors (Lipinski definition) is 1. The Morgan fingerprint density at radius 1 is 1.00 bits per heavy atom. The summed E-state index contributed by atoms with van der Waals surface area (Å²) in [7, 11) is 1.70. The predicted molar refractivity (Wildman–Crippen MR) is 105 cm³/mol. The van der Waals surface area contributed by atoms with Gasteiger partial charge in [-0.2, -0.15) is 0 Å². The fourth-order valence-electron chi connectivity index (χ4n) is 2.51. The second kappa shape index (κ2) is 8.97. The summed E-state index contributed by atoms with van der Waals surface area (Å²) in [5.41, 5.74) is 5.68. The highest BCUT2D eigenvalue weighted by molar-refractivity contribution is 5.75. The van der Waals surface area contributed by atoms with Crippen LogP contribution in [0.25, 0.3) is 16.7 Å². The molecule has 0 radical (unpaired) electrons. The zero-order chi connectivity index (χ0) is 17.4. The molecule has 0 unspecified atom stereocenters. The molecule has 2 heteroatoms. The standard InChI is InChI=1S/C22H27NO/c1-5-15-23-21-13-11-20(12-14-21)19-9-7-18(8-10-19)17(3)16-22(6-2)24-4/h7-14,16,23H,3,5-6,15H2,1-2,4H3/b22-16-. The summed E-state index contributed by atoms with van der Waals surface area (Å²) in [6, 6.07) is 17.1. The average molecular weight is 321 g/mol. The van der Waals surface area contributed by atoms with Crippen molar-refractivity contribution in [1.82, 2.24) is 0 Å². The highest BCUT2D eigenvalue weighted by Crippen LogP contribution is 2.24. The van der Waals surface area contributed by atoms with Crippen LogP contribution < -0.4 is 5.32 Å². The van der Waals surface area contributed by atoms with Crippen molar-refractivity contribution < 1.29 is 4.74 Å². The van der Waals surface area contributed by atoms with E-state index in [2.05, 4.69) is 74.3 Å². The van der Waals surface area contributed by atoms with Gasteiger partial charge in [0, 0.05) is 18.7 Å². The monoisotopic (exact) mass is 321 g/mol. The molecule has 0 heterocycles. The summed E-state index contributed by atoms with van der Waals surface area (Å²) >= 11 is 0. The Balaban J connectivity index is 2.11. The molecule has 0 fully saturated rings. The number of rotatable bonds is 8. The number of allylic oxidation sites excluding steroid dienone is 3. The third-order valence-electron chi connectivity index (χ3n) is 4.00. The molecular formula is C22H27NO. The molecule has 0 aromatic heterocycles. The summed E-state index contributed by atoms with van der Waals surface area (Å²) in [6.07, 6.45) is 4.00. The van der Waals surface area contributed by atoms with E-state index in [-0.39, 0.29) is 0 Å². The van der Waals surface area contributed by atoms with E-state index in [4.69, 9.17) is 4.74 Å². The fourth-order valence-corrected chi connectivity index (χ4v) is 2.51. The molecule has 0 saturated heterocycles. The van der Waals surface area contributed by atoms with Crippen molar-refractivity contribution in [2.24, 2.45) is 0 Å². The minimum atomic E-state index is 0.867. The Bertz CT molecular complexity index is 675. The summed E-state index contributed by atoms with van der Waals surface area (Å²) in [4.78, 5) is 0. The molecule has 0 bridgehead atoms. The van der Waals surface area contributed by atoms with Crippen LogP contribution in [-0.2, 0) is 4.74 Å². The summed E-state index contributed by atoms with van der Waals surface area (Å²) in [6.45, 7) is 9.39. The maximum atomic E-state index is 5.32. The lowest BCUT2D eigenvalue weighted by molar-refractivity contribution is 0.281. The maximum absolute atomic E-state index is 5.32. The van der Waals surface area contributed by atoms with E-state index in [1.165, 1.54) is 16.8 Å². The van der Waals surface area contributed by atoms with Crippen molar-refractivity contribution >= 4 is 11.3 Å². The van der Waals surface area contributed by atoms with Gasteiger partial charge in [-0.3, -0.25) is 0 Å². The zero-order valence-electron chi connectivity index (χ0n) is 14.9. The number of methoxy groups -OCH3 is 1. The van der Waals surface area contributed by atoms with Gasteiger partial charge in [0.1, 0.15) is 0 Å². The number of benzene rings is 2. The van der Waals surface area contributed by atoms with Gasteiger partial charge in [-0.25, -0.2) is 0 Å². The SMILES string of the molecule is C=C(/C=C(/CC)OC)c1ccc(-c2ccc(NCCC)cc2)cc1. The van der Waals surface area contributed by atoms with Gasteiger partial charge >= 0.3 is 0 Å². The van der Waals surface area contributed by atoms with Crippen LogP contribution in [0.4, 0.5) is 5.69 Å². The van der Waals surface area contributed by atoms with Crippen molar-refractivity contribution in [2.75, 3.05) is 19.0 Å². The first-order valence-corrected chi connectivity index (χ1v) is 8.56.